The molecule has 0 spiro atoms. The van der Waals surface area contributed by atoms with E-state index in [1.165, 1.54) is 7.11 Å². The SMILES string of the molecule is CCOc1ccc(N2C(=O)C(Cl)=C(Nc3ccc(CC(=O)Nc4cc(Cl)ccc4OC)cc3)C2=O)cc1. The fourth-order valence-corrected chi connectivity index (χ4v) is 4.10. The Hall–Kier alpha value is -4.01. The number of carbonyl (C=O) groups excluding carboxylic acids is 3. The summed E-state index contributed by atoms with van der Waals surface area (Å²) in [5.41, 5.74) is 2.09. The van der Waals surface area contributed by atoms with Gasteiger partial charge in [0.2, 0.25) is 5.91 Å². The van der Waals surface area contributed by atoms with Crippen molar-refractivity contribution in [2.45, 2.75) is 13.3 Å². The summed E-state index contributed by atoms with van der Waals surface area (Å²) in [6.07, 6.45) is 0.0995. The summed E-state index contributed by atoms with van der Waals surface area (Å²) in [6.45, 7) is 2.37. The zero-order chi connectivity index (χ0) is 26.5. The molecule has 2 N–H and O–H groups in total. The quantitative estimate of drug-likeness (QED) is 0.355. The maximum absolute atomic E-state index is 13.0. The molecule has 0 saturated carbocycles. The van der Waals surface area contributed by atoms with Crippen molar-refractivity contribution in [3.05, 3.63) is 88.0 Å². The third-order valence-corrected chi connectivity index (χ3v) is 6.04. The fraction of sp³-hybridized carbons (Fsp3) is 0.148. The van der Waals surface area contributed by atoms with Gasteiger partial charge in [0.05, 0.1) is 31.5 Å². The first-order valence-electron chi connectivity index (χ1n) is 11.3. The molecule has 0 aromatic heterocycles. The molecule has 3 aromatic carbocycles. The predicted molar refractivity (Wildman–Crippen MR) is 143 cm³/mol. The number of methoxy groups -OCH3 is 1. The summed E-state index contributed by atoms with van der Waals surface area (Å²) in [4.78, 5) is 39.2. The van der Waals surface area contributed by atoms with E-state index in [9.17, 15) is 14.4 Å². The lowest BCUT2D eigenvalue weighted by molar-refractivity contribution is -0.120. The zero-order valence-corrected chi connectivity index (χ0v) is 21.5. The number of hydrogen-bond acceptors (Lipinski definition) is 6. The second-order valence-electron chi connectivity index (χ2n) is 7.95. The predicted octanol–water partition coefficient (Wildman–Crippen LogP) is 5.36. The fourth-order valence-electron chi connectivity index (χ4n) is 3.71. The maximum atomic E-state index is 13.0. The Balaban J connectivity index is 1.41. The van der Waals surface area contributed by atoms with Gasteiger partial charge in [0.15, 0.2) is 0 Å². The van der Waals surface area contributed by atoms with Crippen molar-refractivity contribution in [1.82, 2.24) is 0 Å². The number of nitrogens with one attached hydrogen (secondary N) is 2. The van der Waals surface area contributed by atoms with Crippen LogP contribution in [0.25, 0.3) is 0 Å². The summed E-state index contributed by atoms with van der Waals surface area (Å²) >= 11 is 12.2. The van der Waals surface area contributed by atoms with Crippen molar-refractivity contribution in [1.29, 1.82) is 0 Å². The second kappa shape index (κ2) is 11.4. The van der Waals surface area contributed by atoms with Crippen LogP contribution >= 0.6 is 23.2 Å². The number of benzene rings is 3. The number of imide groups is 1. The van der Waals surface area contributed by atoms with Gasteiger partial charge < -0.3 is 20.1 Å². The topological polar surface area (TPSA) is 97.0 Å². The first-order valence-corrected chi connectivity index (χ1v) is 12.1. The van der Waals surface area contributed by atoms with Gasteiger partial charge in [-0.2, -0.15) is 0 Å². The minimum Gasteiger partial charge on any atom is -0.495 e. The Bertz CT molecular complexity index is 1370. The van der Waals surface area contributed by atoms with E-state index < -0.39 is 11.8 Å². The molecule has 190 valence electrons. The van der Waals surface area contributed by atoms with Crippen molar-refractivity contribution in [2.75, 3.05) is 29.3 Å². The molecule has 1 aliphatic rings. The molecule has 37 heavy (non-hydrogen) atoms. The lowest BCUT2D eigenvalue weighted by atomic mass is 10.1. The Morgan fingerprint density at radius 2 is 1.65 bits per heavy atom. The van der Waals surface area contributed by atoms with Crippen LogP contribution in [0.15, 0.2) is 77.5 Å². The highest BCUT2D eigenvalue weighted by Crippen LogP contribution is 2.31. The average molecular weight is 540 g/mol. The number of carbonyl (C=O) groups is 3. The molecule has 0 saturated heterocycles. The van der Waals surface area contributed by atoms with Gasteiger partial charge >= 0.3 is 0 Å². The Labute approximate surface area is 223 Å². The summed E-state index contributed by atoms with van der Waals surface area (Å²) in [7, 11) is 1.51. The van der Waals surface area contributed by atoms with Gasteiger partial charge in [0.1, 0.15) is 22.2 Å². The van der Waals surface area contributed by atoms with Crippen LogP contribution in [-0.4, -0.2) is 31.4 Å². The standard InChI is InChI=1S/C27H23Cl2N3O5/c1-3-37-20-11-9-19(10-12-20)32-26(34)24(29)25(27(32)35)30-18-7-4-16(5-8-18)14-23(33)31-21-15-17(28)6-13-22(21)36-2/h4-13,15,30H,3,14H2,1-2H3,(H,31,33). The highest BCUT2D eigenvalue weighted by atomic mass is 35.5. The highest BCUT2D eigenvalue weighted by Gasteiger charge is 2.39. The largest absolute Gasteiger partial charge is 0.495 e. The Morgan fingerprint density at radius 1 is 0.946 bits per heavy atom. The van der Waals surface area contributed by atoms with Crippen LogP contribution < -0.4 is 25.0 Å². The second-order valence-corrected chi connectivity index (χ2v) is 8.77. The number of hydrogen-bond donors (Lipinski definition) is 2. The van der Waals surface area contributed by atoms with Gasteiger partial charge in [-0.15, -0.1) is 0 Å². The maximum Gasteiger partial charge on any atom is 0.283 e. The van der Waals surface area contributed by atoms with Gasteiger partial charge in [-0.1, -0.05) is 35.3 Å². The molecular weight excluding hydrogens is 517 g/mol. The smallest absolute Gasteiger partial charge is 0.283 e. The van der Waals surface area contributed by atoms with Crippen LogP contribution in [0.4, 0.5) is 17.1 Å². The van der Waals surface area contributed by atoms with E-state index in [1.807, 2.05) is 6.92 Å². The van der Waals surface area contributed by atoms with Crippen molar-refractivity contribution in [3.8, 4) is 11.5 Å². The van der Waals surface area contributed by atoms with E-state index in [0.717, 1.165) is 10.5 Å². The molecule has 10 heteroatoms. The van der Waals surface area contributed by atoms with Crippen molar-refractivity contribution in [2.24, 2.45) is 0 Å². The van der Waals surface area contributed by atoms with E-state index >= 15 is 0 Å². The van der Waals surface area contributed by atoms with Gasteiger partial charge in [0, 0.05) is 10.7 Å². The van der Waals surface area contributed by atoms with Crippen LogP contribution in [-0.2, 0) is 20.8 Å². The van der Waals surface area contributed by atoms with Gasteiger partial charge in [-0.3, -0.25) is 14.4 Å². The van der Waals surface area contributed by atoms with Crippen LogP contribution in [0.2, 0.25) is 5.02 Å². The molecule has 0 atom stereocenters. The molecule has 1 heterocycles. The third kappa shape index (κ3) is 5.87. The van der Waals surface area contributed by atoms with Crippen molar-refractivity contribution in [3.63, 3.8) is 0 Å². The monoisotopic (exact) mass is 539 g/mol. The summed E-state index contributed by atoms with van der Waals surface area (Å²) < 4.78 is 10.7. The van der Waals surface area contributed by atoms with Gasteiger partial charge in [-0.25, -0.2) is 4.90 Å². The van der Waals surface area contributed by atoms with E-state index in [4.69, 9.17) is 32.7 Å². The molecule has 1 aliphatic heterocycles. The van der Waals surface area contributed by atoms with E-state index in [1.54, 1.807) is 66.7 Å². The number of amides is 3. The molecule has 4 rings (SSSR count). The van der Waals surface area contributed by atoms with Gasteiger partial charge in [0.25, 0.3) is 11.8 Å². The molecule has 0 fully saturated rings. The lowest BCUT2D eigenvalue weighted by Gasteiger charge is -2.15. The Kier molecular flexibility index (Phi) is 8.01. The number of nitrogens with zero attached hydrogens (tertiary/aromatic N) is 1. The Morgan fingerprint density at radius 3 is 2.30 bits per heavy atom. The van der Waals surface area contributed by atoms with E-state index in [-0.39, 0.29) is 23.1 Å². The average Bonchev–Trinajstić information content (AvgIpc) is 3.09. The number of ether oxygens (including phenoxy) is 2. The van der Waals surface area contributed by atoms with Crippen LogP contribution in [0.5, 0.6) is 11.5 Å². The number of halogens is 2. The summed E-state index contributed by atoms with van der Waals surface area (Å²) in [5, 5.41) is 5.97. The van der Waals surface area contributed by atoms with E-state index in [0.29, 0.717) is 40.2 Å². The van der Waals surface area contributed by atoms with Crippen molar-refractivity contribution < 1.29 is 23.9 Å². The van der Waals surface area contributed by atoms with Crippen LogP contribution in [0.3, 0.4) is 0 Å². The molecule has 8 nitrogen and oxygen atoms in total. The van der Waals surface area contributed by atoms with E-state index in [2.05, 4.69) is 10.6 Å². The molecular formula is C27H23Cl2N3O5. The summed E-state index contributed by atoms with van der Waals surface area (Å²) in [5.74, 6) is -0.323. The molecule has 0 radical (unpaired) electrons. The zero-order valence-electron chi connectivity index (χ0n) is 20.0. The van der Waals surface area contributed by atoms with Crippen LogP contribution in [0, 0.1) is 0 Å². The van der Waals surface area contributed by atoms with Gasteiger partial charge in [-0.05, 0) is 67.1 Å². The third-order valence-electron chi connectivity index (χ3n) is 5.46. The minimum absolute atomic E-state index is 0.0286. The number of rotatable bonds is 9. The normalized spacial score (nSPS) is 13.1. The summed E-state index contributed by atoms with van der Waals surface area (Å²) in [6, 6.07) is 18.4. The molecule has 3 amide bonds. The molecule has 0 aliphatic carbocycles. The van der Waals surface area contributed by atoms with Crippen LogP contribution in [0.1, 0.15) is 12.5 Å². The molecule has 0 unspecified atom stereocenters. The first-order chi connectivity index (χ1) is 17.8. The minimum atomic E-state index is -0.622. The lowest BCUT2D eigenvalue weighted by Crippen LogP contribution is -2.32. The number of anilines is 3. The molecule has 0 bridgehead atoms. The molecule has 3 aromatic rings. The van der Waals surface area contributed by atoms with Crippen molar-refractivity contribution >= 4 is 58.0 Å². The first kappa shape index (κ1) is 26.1. The highest BCUT2D eigenvalue weighted by molar-refractivity contribution is 6.53.